The van der Waals surface area contributed by atoms with Crippen LogP contribution in [-0.2, 0) is 0 Å². The molecule has 3 heteroatoms. The fourth-order valence-electron chi connectivity index (χ4n) is 2.46. The van der Waals surface area contributed by atoms with Crippen LogP contribution in [0.15, 0.2) is 24.3 Å². The van der Waals surface area contributed by atoms with Gasteiger partial charge in [0.25, 0.3) is 0 Å². The van der Waals surface area contributed by atoms with Gasteiger partial charge in [0, 0.05) is 24.5 Å². The van der Waals surface area contributed by atoms with Gasteiger partial charge >= 0.3 is 0 Å². The molecule has 0 spiro atoms. The van der Waals surface area contributed by atoms with Gasteiger partial charge in [0.2, 0.25) is 0 Å². The second-order valence-electron chi connectivity index (χ2n) is 6.52. The highest BCUT2D eigenvalue weighted by atomic mass is 32.1. The third-order valence-electron chi connectivity index (χ3n) is 3.51. The summed E-state index contributed by atoms with van der Waals surface area (Å²) in [5.41, 5.74) is 2.80. The molecule has 0 aliphatic carbocycles. The molecule has 1 N–H and O–H groups in total. The van der Waals surface area contributed by atoms with E-state index in [-0.39, 0.29) is 5.54 Å². The quantitative estimate of drug-likeness (QED) is 0.791. The van der Waals surface area contributed by atoms with Crippen LogP contribution in [-0.4, -0.2) is 28.6 Å². The van der Waals surface area contributed by atoms with Gasteiger partial charge in [0.05, 0.1) is 0 Å². The van der Waals surface area contributed by atoms with E-state index in [1.165, 1.54) is 17.5 Å². The molecule has 0 saturated carbocycles. The van der Waals surface area contributed by atoms with Crippen LogP contribution in [0.1, 0.15) is 44.2 Å². The van der Waals surface area contributed by atoms with Crippen molar-refractivity contribution in [1.82, 2.24) is 10.2 Å². The highest BCUT2D eigenvalue weighted by Gasteiger charge is 2.26. The van der Waals surface area contributed by atoms with Crippen molar-refractivity contribution >= 4 is 17.3 Å². The topological polar surface area (TPSA) is 15.3 Å². The Bertz CT molecular complexity index is 445. The predicted molar refractivity (Wildman–Crippen MR) is 85.6 cm³/mol. The smallest absolute Gasteiger partial charge is 0.169 e. The van der Waals surface area contributed by atoms with Crippen molar-refractivity contribution in [2.24, 2.45) is 0 Å². The lowest BCUT2D eigenvalue weighted by Gasteiger charge is -2.28. The number of likely N-dealkylation sites (tertiary alicyclic amines) is 1. The van der Waals surface area contributed by atoms with Crippen molar-refractivity contribution in [1.29, 1.82) is 0 Å². The molecule has 1 aliphatic rings. The van der Waals surface area contributed by atoms with Crippen LogP contribution in [0.2, 0.25) is 0 Å². The third-order valence-corrected chi connectivity index (χ3v) is 3.87. The first-order valence-corrected chi connectivity index (χ1v) is 7.39. The molecule has 0 bridgehead atoms. The van der Waals surface area contributed by atoms with Gasteiger partial charge in [-0.25, -0.2) is 0 Å². The summed E-state index contributed by atoms with van der Waals surface area (Å²) in [6.07, 6.45) is 1.19. The predicted octanol–water partition coefficient (Wildman–Crippen LogP) is 3.46. The summed E-state index contributed by atoms with van der Waals surface area (Å²) in [6.45, 7) is 10.7. The number of hydrogen-bond donors (Lipinski definition) is 1. The number of nitrogens with zero attached hydrogens (tertiary/aromatic N) is 1. The van der Waals surface area contributed by atoms with Crippen LogP contribution in [0.25, 0.3) is 0 Å². The first kappa shape index (κ1) is 14.3. The summed E-state index contributed by atoms with van der Waals surface area (Å²) in [7, 11) is 0. The van der Waals surface area contributed by atoms with E-state index >= 15 is 0 Å². The molecule has 1 fully saturated rings. The zero-order valence-corrected chi connectivity index (χ0v) is 13.2. The van der Waals surface area contributed by atoms with E-state index in [1.807, 2.05) is 0 Å². The van der Waals surface area contributed by atoms with Gasteiger partial charge in [-0.1, -0.05) is 29.8 Å². The summed E-state index contributed by atoms with van der Waals surface area (Å²) in [4.78, 5) is 2.30. The number of benzene rings is 1. The third kappa shape index (κ3) is 3.93. The van der Waals surface area contributed by atoms with Gasteiger partial charge in [0.15, 0.2) is 5.11 Å². The standard InChI is InChI=1S/C16H24N2S/c1-12-5-7-13(8-6-12)14-9-10-18(11-14)15(19)17-16(2,3)4/h5-8,14H,9-11H2,1-4H3,(H,17,19)/t14-/m1/s1. The van der Waals surface area contributed by atoms with E-state index in [0.29, 0.717) is 5.92 Å². The second kappa shape index (κ2) is 5.49. The number of thiocarbonyl (C=S) groups is 1. The monoisotopic (exact) mass is 276 g/mol. The first-order valence-electron chi connectivity index (χ1n) is 6.99. The first-order chi connectivity index (χ1) is 8.85. The molecule has 1 saturated heterocycles. The average molecular weight is 276 g/mol. The molecule has 1 aromatic carbocycles. The molecule has 104 valence electrons. The van der Waals surface area contributed by atoms with Crippen molar-refractivity contribution in [3.05, 3.63) is 35.4 Å². The summed E-state index contributed by atoms with van der Waals surface area (Å²) in [5.74, 6) is 0.611. The number of rotatable bonds is 1. The number of hydrogen-bond acceptors (Lipinski definition) is 1. The molecule has 2 rings (SSSR count). The molecule has 0 radical (unpaired) electrons. The summed E-state index contributed by atoms with van der Waals surface area (Å²) >= 11 is 5.50. The van der Waals surface area contributed by atoms with Gasteiger partial charge in [-0.3, -0.25) is 0 Å². The van der Waals surface area contributed by atoms with E-state index in [1.54, 1.807) is 0 Å². The summed E-state index contributed by atoms with van der Waals surface area (Å²) in [5, 5.41) is 4.29. The van der Waals surface area contributed by atoms with E-state index in [0.717, 1.165) is 18.2 Å². The van der Waals surface area contributed by atoms with Crippen LogP contribution in [0, 0.1) is 6.92 Å². The molecule has 19 heavy (non-hydrogen) atoms. The van der Waals surface area contributed by atoms with Gasteiger partial charge in [-0.2, -0.15) is 0 Å². The van der Waals surface area contributed by atoms with E-state index in [4.69, 9.17) is 12.2 Å². The average Bonchev–Trinajstić information content (AvgIpc) is 2.77. The molecule has 0 aromatic heterocycles. The van der Waals surface area contributed by atoms with E-state index < -0.39 is 0 Å². The van der Waals surface area contributed by atoms with Gasteiger partial charge in [-0.05, 0) is 51.9 Å². The zero-order valence-electron chi connectivity index (χ0n) is 12.4. The molecule has 1 aromatic rings. The van der Waals surface area contributed by atoms with Gasteiger partial charge < -0.3 is 10.2 Å². The molecular formula is C16H24N2S. The molecule has 1 aliphatic heterocycles. The Morgan fingerprint density at radius 3 is 2.47 bits per heavy atom. The second-order valence-corrected chi connectivity index (χ2v) is 6.91. The zero-order chi connectivity index (χ0) is 14.0. The molecule has 1 atom stereocenters. The SMILES string of the molecule is Cc1ccc([C@@H]2CCN(C(=S)NC(C)(C)C)C2)cc1. The normalized spacial score (nSPS) is 19.6. The van der Waals surface area contributed by atoms with Crippen molar-refractivity contribution in [3.63, 3.8) is 0 Å². The molecular weight excluding hydrogens is 252 g/mol. The lowest BCUT2D eigenvalue weighted by atomic mass is 9.98. The maximum absolute atomic E-state index is 5.50. The highest BCUT2D eigenvalue weighted by molar-refractivity contribution is 7.80. The number of aryl methyl sites for hydroxylation is 1. The van der Waals surface area contributed by atoms with E-state index in [9.17, 15) is 0 Å². The van der Waals surface area contributed by atoms with Crippen molar-refractivity contribution in [3.8, 4) is 0 Å². The Morgan fingerprint density at radius 1 is 1.26 bits per heavy atom. The van der Waals surface area contributed by atoms with E-state index in [2.05, 4.69) is 62.2 Å². The van der Waals surface area contributed by atoms with Crippen molar-refractivity contribution in [2.45, 2.75) is 45.6 Å². The maximum atomic E-state index is 5.50. The fraction of sp³-hybridized carbons (Fsp3) is 0.562. The Labute approximate surface area is 122 Å². The fourth-order valence-corrected chi connectivity index (χ4v) is 2.93. The Balaban J connectivity index is 1.96. The summed E-state index contributed by atoms with van der Waals surface area (Å²) < 4.78 is 0. The Hall–Kier alpha value is -1.09. The summed E-state index contributed by atoms with van der Waals surface area (Å²) in [6, 6.07) is 8.90. The van der Waals surface area contributed by atoms with Crippen molar-refractivity contribution in [2.75, 3.05) is 13.1 Å². The minimum absolute atomic E-state index is 0.0407. The largest absolute Gasteiger partial charge is 0.358 e. The molecule has 0 unspecified atom stereocenters. The van der Waals surface area contributed by atoms with Crippen LogP contribution in [0.5, 0.6) is 0 Å². The lowest BCUT2D eigenvalue weighted by Crippen LogP contribution is -2.47. The Kier molecular flexibility index (Phi) is 4.14. The minimum atomic E-state index is 0.0407. The lowest BCUT2D eigenvalue weighted by molar-refractivity contribution is 0.442. The maximum Gasteiger partial charge on any atom is 0.169 e. The molecule has 2 nitrogen and oxygen atoms in total. The van der Waals surface area contributed by atoms with Crippen LogP contribution < -0.4 is 5.32 Å². The van der Waals surface area contributed by atoms with Gasteiger partial charge in [0.1, 0.15) is 0 Å². The van der Waals surface area contributed by atoms with Crippen molar-refractivity contribution < 1.29 is 0 Å². The highest BCUT2D eigenvalue weighted by Crippen LogP contribution is 2.27. The van der Waals surface area contributed by atoms with Gasteiger partial charge in [-0.15, -0.1) is 0 Å². The van der Waals surface area contributed by atoms with Crippen LogP contribution in [0.4, 0.5) is 0 Å². The Morgan fingerprint density at radius 2 is 1.89 bits per heavy atom. The van der Waals surface area contributed by atoms with Crippen LogP contribution in [0.3, 0.4) is 0 Å². The number of nitrogens with one attached hydrogen (secondary N) is 1. The molecule has 1 heterocycles. The molecule has 0 amide bonds. The van der Waals surface area contributed by atoms with Crippen LogP contribution >= 0.6 is 12.2 Å². The minimum Gasteiger partial charge on any atom is -0.358 e.